The van der Waals surface area contributed by atoms with E-state index in [1.54, 1.807) is 18.2 Å². The van der Waals surface area contributed by atoms with Crippen molar-refractivity contribution in [3.05, 3.63) is 53.6 Å². The van der Waals surface area contributed by atoms with Crippen LogP contribution in [0.4, 0.5) is 5.13 Å². The first-order chi connectivity index (χ1) is 11.5. The molecule has 2 aromatic carbocycles. The minimum Gasteiger partial charge on any atom is -0.369 e. The fraction of sp³-hybridized carbons (Fsp3) is 0.118. The molecule has 0 aliphatic carbocycles. The number of nitrogens with one attached hydrogen (secondary N) is 1. The van der Waals surface area contributed by atoms with E-state index in [0.717, 1.165) is 15.8 Å². The Morgan fingerprint density at radius 3 is 2.83 bits per heavy atom. The number of carbonyl (C=O) groups excluding carboxylic acids is 2. The molecule has 0 fully saturated rings. The largest absolute Gasteiger partial charge is 0.369 e. The number of carbonyl (C=O) groups is 2. The molecule has 2 amide bonds. The molecule has 7 heteroatoms. The highest BCUT2D eigenvalue weighted by Gasteiger charge is 2.14. The normalized spacial score (nSPS) is 10.7. The number of thioether (sulfide) groups is 1. The minimum absolute atomic E-state index is 0.130. The number of aromatic nitrogens is 1. The summed E-state index contributed by atoms with van der Waals surface area (Å²) in [5.41, 5.74) is 7.68. The van der Waals surface area contributed by atoms with Gasteiger partial charge in [0.1, 0.15) is 0 Å². The zero-order valence-electron chi connectivity index (χ0n) is 12.9. The number of primary amides is 1. The lowest BCUT2D eigenvalue weighted by Crippen LogP contribution is -2.15. The molecule has 0 unspecified atom stereocenters. The molecule has 0 aliphatic rings. The molecule has 0 bridgehead atoms. The van der Waals surface area contributed by atoms with Gasteiger partial charge in [0.2, 0.25) is 5.91 Å². The summed E-state index contributed by atoms with van der Waals surface area (Å²) in [4.78, 5) is 28.7. The summed E-state index contributed by atoms with van der Waals surface area (Å²) in [6, 6.07) is 13.1. The number of thiazole rings is 1. The van der Waals surface area contributed by atoms with Gasteiger partial charge in [-0.2, -0.15) is 0 Å². The molecule has 3 N–H and O–H groups in total. The highest BCUT2D eigenvalue weighted by atomic mass is 32.2. The second-order valence-corrected chi connectivity index (χ2v) is 7.24. The lowest BCUT2D eigenvalue weighted by Gasteiger charge is -2.07. The molecule has 0 atom stereocenters. The molecule has 3 aromatic rings. The Balaban J connectivity index is 1.82. The van der Waals surface area contributed by atoms with Crippen molar-refractivity contribution in [1.82, 2.24) is 4.98 Å². The van der Waals surface area contributed by atoms with E-state index in [0.29, 0.717) is 15.6 Å². The number of hydrogen-bond donors (Lipinski definition) is 2. The van der Waals surface area contributed by atoms with Crippen LogP contribution in [0.3, 0.4) is 0 Å². The summed E-state index contributed by atoms with van der Waals surface area (Å²) >= 11 is 2.68. The molecule has 0 saturated heterocycles. The number of amides is 2. The molecule has 0 aliphatic heterocycles. The van der Waals surface area contributed by atoms with Crippen LogP contribution in [0.2, 0.25) is 0 Å². The van der Waals surface area contributed by atoms with Gasteiger partial charge < -0.3 is 5.73 Å². The van der Waals surface area contributed by atoms with Crippen molar-refractivity contribution in [2.75, 3.05) is 11.1 Å². The summed E-state index contributed by atoms with van der Waals surface area (Å²) in [7, 11) is 0. The quantitative estimate of drug-likeness (QED) is 0.685. The van der Waals surface area contributed by atoms with E-state index in [9.17, 15) is 9.59 Å². The van der Waals surface area contributed by atoms with Crippen molar-refractivity contribution < 1.29 is 9.59 Å². The Kier molecular flexibility index (Phi) is 4.82. The zero-order valence-corrected chi connectivity index (χ0v) is 14.5. The third-order valence-corrected chi connectivity index (χ3v) is 5.30. The van der Waals surface area contributed by atoms with Crippen LogP contribution in [0.25, 0.3) is 10.2 Å². The Morgan fingerprint density at radius 2 is 2.04 bits per heavy atom. The van der Waals surface area contributed by atoms with Crippen molar-refractivity contribution in [3.8, 4) is 0 Å². The zero-order chi connectivity index (χ0) is 17.1. The maximum Gasteiger partial charge on any atom is 0.258 e. The molecule has 0 radical (unpaired) electrons. The molecule has 3 rings (SSSR count). The van der Waals surface area contributed by atoms with Crippen LogP contribution in [0.1, 0.15) is 15.9 Å². The molecule has 0 spiro atoms. The maximum atomic E-state index is 12.5. The topological polar surface area (TPSA) is 85.1 Å². The van der Waals surface area contributed by atoms with E-state index in [1.807, 2.05) is 31.2 Å². The van der Waals surface area contributed by atoms with Crippen molar-refractivity contribution in [1.29, 1.82) is 0 Å². The van der Waals surface area contributed by atoms with Crippen molar-refractivity contribution in [3.63, 3.8) is 0 Å². The second-order valence-electron chi connectivity index (χ2n) is 5.20. The van der Waals surface area contributed by atoms with Gasteiger partial charge in [0, 0.05) is 4.90 Å². The van der Waals surface area contributed by atoms with Crippen LogP contribution in [0.15, 0.2) is 47.4 Å². The fourth-order valence-electron chi connectivity index (χ4n) is 2.18. The molecular weight excluding hydrogens is 342 g/mol. The van der Waals surface area contributed by atoms with E-state index in [1.165, 1.54) is 23.1 Å². The highest BCUT2D eigenvalue weighted by Crippen LogP contribution is 2.28. The number of rotatable bonds is 5. The van der Waals surface area contributed by atoms with Crippen LogP contribution in [0.5, 0.6) is 0 Å². The maximum absolute atomic E-state index is 12.5. The van der Waals surface area contributed by atoms with Gasteiger partial charge in [-0.15, -0.1) is 11.8 Å². The minimum atomic E-state index is -0.420. The first kappa shape index (κ1) is 16.5. The Hall–Kier alpha value is -2.38. The molecule has 122 valence electrons. The number of hydrogen-bond acceptors (Lipinski definition) is 5. The molecule has 1 aromatic heterocycles. The average Bonchev–Trinajstić information content (AvgIpc) is 2.94. The molecule has 1 heterocycles. The van der Waals surface area contributed by atoms with Crippen molar-refractivity contribution in [2.45, 2.75) is 11.8 Å². The number of benzene rings is 2. The monoisotopic (exact) mass is 357 g/mol. The first-order valence-electron chi connectivity index (χ1n) is 7.21. The first-order valence-corrected chi connectivity index (χ1v) is 9.02. The summed E-state index contributed by atoms with van der Waals surface area (Å²) < 4.78 is 1.03. The van der Waals surface area contributed by atoms with E-state index < -0.39 is 5.91 Å². The van der Waals surface area contributed by atoms with E-state index in [4.69, 9.17) is 5.73 Å². The molecule has 5 nitrogen and oxygen atoms in total. The SMILES string of the molecule is Cc1ccc2nc(NC(=O)c3ccccc3SCC(N)=O)sc2c1. The summed E-state index contributed by atoms with van der Waals surface area (Å²) in [6.07, 6.45) is 0. The summed E-state index contributed by atoms with van der Waals surface area (Å²) in [6.45, 7) is 2.02. The molecule has 0 saturated carbocycles. The number of nitrogens with zero attached hydrogens (tertiary/aromatic N) is 1. The van der Waals surface area contributed by atoms with Gasteiger partial charge in [-0.25, -0.2) is 4.98 Å². The highest BCUT2D eigenvalue weighted by molar-refractivity contribution is 8.00. The van der Waals surface area contributed by atoms with Gasteiger partial charge in [0.05, 0.1) is 21.5 Å². The second kappa shape index (κ2) is 7.02. The van der Waals surface area contributed by atoms with Gasteiger partial charge in [-0.05, 0) is 36.8 Å². The summed E-state index contributed by atoms with van der Waals surface area (Å²) in [5.74, 6) is -0.542. The van der Waals surface area contributed by atoms with E-state index >= 15 is 0 Å². The van der Waals surface area contributed by atoms with Gasteiger partial charge >= 0.3 is 0 Å². The van der Waals surface area contributed by atoms with Gasteiger partial charge in [-0.3, -0.25) is 14.9 Å². The van der Waals surface area contributed by atoms with Crippen LogP contribution >= 0.6 is 23.1 Å². The average molecular weight is 357 g/mol. The number of nitrogens with two attached hydrogens (primary N) is 1. The van der Waals surface area contributed by atoms with Gasteiger partial charge in [0.25, 0.3) is 5.91 Å². The lowest BCUT2D eigenvalue weighted by atomic mass is 10.2. The lowest BCUT2D eigenvalue weighted by molar-refractivity contribution is -0.115. The molecular formula is C17H15N3O2S2. The van der Waals surface area contributed by atoms with Gasteiger partial charge in [0.15, 0.2) is 5.13 Å². The predicted molar refractivity (Wildman–Crippen MR) is 98.7 cm³/mol. The summed E-state index contributed by atoms with van der Waals surface area (Å²) in [5, 5.41) is 3.39. The third-order valence-electron chi connectivity index (χ3n) is 3.27. The fourth-order valence-corrected chi connectivity index (χ4v) is 3.93. The standard InChI is InChI=1S/C17H15N3O2S2/c1-10-6-7-12-14(8-10)24-17(19-12)20-16(22)11-4-2-3-5-13(11)23-9-15(18)21/h2-8H,9H2,1H3,(H2,18,21)(H,19,20,22). The van der Waals surface area contributed by atoms with Crippen LogP contribution in [0, 0.1) is 6.92 Å². The van der Waals surface area contributed by atoms with E-state index in [2.05, 4.69) is 10.3 Å². The smallest absolute Gasteiger partial charge is 0.258 e. The third kappa shape index (κ3) is 3.74. The number of aryl methyl sites for hydroxylation is 1. The number of fused-ring (bicyclic) bond motifs is 1. The van der Waals surface area contributed by atoms with Crippen molar-refractivity contribution in [2.24, 2.45) is 5.73 Å². The predicted octanol–water partition coefficient (Wildman–Crippen LogP) is 3.43. The number of anilines is 1. The Labute approximate surface area is 147 Å². The van der Waals surface area contributed by atoms with E-state index in [-0.39, 0.29) is 11.7 Å². The Morgan fingerprint density at radius 1 is 1.25 bits per heavy atom. The Bertz CT molecular complexity index is 921. The van der Waals surface area contributed by atoms with Crippen LogP contribution < -0.4 is 11.1 Å². The van der Waals surface area contributed by atoms with Gasteiger partial charge in [-0.1, -0.05) is 29.5 Å². The molecule has 24 heavy (non-hydrogen) atoms. The van der Waals surface area contributed by atoms with Crippen molar-refractivity contribution >= 4 is 50.3 Å². The van der Waals surface area contributed by atoms with Crippen LogP contribution in [-0.4, -0.2) is 22.6 Å². The van der Waals surface area contributed by atoms with Crippen LogP contribution in [-0.2, 0) is 4.79 Å².